The smallest absolute Gasteiger partial charge is 0.326 e. The number of likely N-dealkylation sites (tertiary alicyclic amines) is 1. The van der Waals surface area contributed by atoms with Gasteiger partial charge in [-0.25, -0.2) is 4.79 Å². The van der Waals surface area contributed by atoms with Crippen LogP contribution in [-0.4, -0.2) is 189 Å². The first-order valence-electron chi connectivity index (χ1n) is 24.5. The lowest BCUT2D eigenvalue weighted by atomic mass is 9.99. The first-order valence-corrected chi connectivity index (χ1v) is 24.5. The molecule has 1 heterocycles. The summed E-state index contributed by atoms with van der Waals surface area (Å²) in [5.74, 6) is -14.2. The molecule has 0 radical (unpaired) electrons. The SMILES string of the molecule is CC(C)[C@H](N)C(=O)N[C@@H](CO)C(=O)N[C@@H](CO)C(=O)N[C@@H](C)C(=O)N[C@@H](CCC(N)=O)C(=O)N[C@@H](CCC(=O)O)C(=O)N[C@H](C(=O)N[C@@H](CCCN=C(N)N)C(=O)N[C@H](C(=O)N1CCC[C@H]1C(=O)O)C(C)C)C(C)C. The van der Waals surface area contributed by atoms with Gasteiger partial charge in [-0.15, -0.1) is 0 Å². The number of guanidine groups is 1. The van der Waals surface area contributed by atoms with Crippen LogP contribution in [0.2, 0.25) is 0 Å². The second-order valence-electron chi connectivity index (χ2n) is 19.0. The largest absolute Gasteiger partial charge is 0.481 e. The van der Waals surface area contributed by atoms with Crippen molar-refractivity contribution in [3.8, 4) is 0 Å². The van der Waals surface area contributed by atoms with Gasteiger partial charge >= 0.3 is 11.9 Å². The number of aliphatic carboxylic acids is 2. The molecule has 30 heteroatoms. The molecular formula is C45H78N14O16. The summed E-state index contributed by atoms with van der Waals surface area (Å²) in [4.78, 5) is 162. The van der Waals surface area contributed by atoms with Gasteiger partial charge in [-0.2, -0.15) is 0 Å². The van der Waals surface area contributed by atoms with Crippen LogP contribution in [0.3, 0.4) is 0 Å². The predicted octanol–water partition coefficient (Wildman–Crippen LogP) is -6.58. The minimum Gasteiger partial charge on any atom is -0.481 e. The van der Waals surface area contributed by atoms with Crippen molar-refractivity contribution < 1.29 is 78.0 Å². The van der Waals surface area contributed by atoms with E-state index in [0.29, 0.717) is 6.42 Å². The van der Waals surface area contributed by atoms with Gasteiger partial charge in [-0.1, -0.05) is 41.5 Å². The zero-order chi connectivity index (χ0) is 57.4. The van der Waals surface area contributed by atoms with Crippen LogP contribution in [0.15, 0.2) is 4.99 Å². The molecule has 0 aromatic carbocycles. The highest BCUT2D eigenvalue weighted by Crippen LogP contribution is 2.21. The number of primary amides is 1. The van der Waals surface area contributed by atoms with E-state index in [4.69, 9.17) is 22.9 Å². The van der Waals surface area contributed by atoms with Crippen LogP contribution in [-0.2, 0) is 57.5 Å². The number of carboxylic acids is 2. The molecule has 75 heavy (non-hydrogen) atoms. The maximum atomic E-state index is 14.0. The van der Waals surface area contributed by atoms with Crippen LogP contribution in [0.5, 0.6) is 0 Å². The summed E-state index contributed by atoms with van der Waals surface area (Å²) in [7, 11) is 0. The quantitative estimate of drug-likeness (QED) is 0.0165. The van der Waals surface area contributed by atoms with E-state index in [2.05, 4.69) is 47.5 Å². The number of carbonyl (C=O) groups excluding carboxylic acids is 10. The number of nitrogens with two attached hydrogens (primary N) is 4. The van der Waals surface area contributed by atoms with E-state index in [0.717, 1.165) is 6.92 Å². The standard InChI is InChI=1S/C45H78N14O16/c1-20(2)32(47)41(71)56-28(19-61)40(70)55-27(18-60)39(69)51-23(7)35(65)52-25(12-14-30(46)62)36(66)53-26(13-15-31(63)64)38(68)57-33(21(3)4)42(72)54-24(10-8-16-50-45(48)49)37(67)58-34(22(5)6)43(73)59-17-9-11-29(59)44(74)75/h20-29,32-34,60-61H,8-19,47H2,1-7H3,(H2,46,62)(H,51,69)(H,52,65)(H,53,66)(H,54,72)(H,55,70)(H,56,71)(H,57,68)(H,58,67)(H,63,64)(H,74,75)(H4,48,49,50)/t23-,24-,25-,26-,27-,28-,29-,32-,33-,34-/m0/s1. The average Bonchev–Trinajstić information content (AvgIpc) is 3.83. The fraction of sp³-hybridized carbons (Fsp3) is 0.711. The van der Waals surface area contributed by atoms with E-state index < -0.39 is 182 Å². The molecule has 0 aromatic rings. The number of carboxylic acid groups (broad SMARTS) is 2. The van der Waals surface area contributed by atoms with Crippen LogP contribution in [0.4, 0.5) is 0 Å². The van der Waals surface area contributed by atoms with Gasteiger partial charge in [0.2, 0.25) is 59.1 Å². The Morgan fingerprint density at radius 2 is 0.987 bits per heavy atom. The molecule has 10 amide bonds. The molecule has 1 saturated heterocycles. The van der Waals surface area contributed by atoms with Crippen LogP contribution < -0.4 is 65.5 Å². The average molecular weight is 1070 g/mol. The van der Waals surface area contributed by atoms with Crippen LogP contribution >= 0.6 is 0 Å². The zero-order valence-electron chi connectivity index (χ0n) is 43.4. The summed E-state index contributed by atoms with van der Waals surface area (Å²) in [6.45, 7) is 8.94. The number of nitrogens with one attached hydrogen (secondary N) is 8. The van der Waals surface area contributed by atoms with Gasteiger partial charge in [0, 0.05) is 25.9 Å². The Kier molecular flexibility index (Phi) is 28.2. The third kappa shape index (κ3) is 22.4. The Morgan fingerprint density at radius 1 is 0.547 bits per heavy atom. The maximum absolute atomic E-state index is 14.0. The first-order chi connectivity index (χ1) is 35.0. The maximum Gasteiger partial charge on any atom is 0.326 e. The number of hydrogen-bond acceptors (Lipinski definition) is 16. The van der Waals surface area contributed by atoms with E-state index in [-0.39, 0.29) is 44.2 Å². The molecule has 0 saturated carbocycles. The molecule has 10 atom stereocenters. The van der Waals surface area contributed by atoms with E-state index in [1.165, 1.54) is 18.7 Å². The molecule has 0 unspecified atom stereocenters. The van der Waals surface area contributed by atoms with Gasteiger partial charge in [0.05, 0.1) is 19.3 Å². The summed E-state index contributed by atoms with van der Waals surface area (Å²) in [5.41, 5.74) is 22.0. The number of aliphatic hydroxyl groups is 2. The Balaban J connectivity index is 3.37. The number of nitrogens with zero attached hydrogens (tertiary/aromatic N) is 2. The predicted molar refractivity (Wildman–Crippen MR) is 265 cm³/mol. The number of amides is 10. The summed E-state index contributed by atoms with van der Waals surface area (Å²) in [5, 5.41) is 57.7. The fourth-order valence-electron chi connectivity index (χ4n) is 7.33. The fourth-order valence-corrected chi connectivity index (χ4v) is 7.33. The van der Waals surface area contributed by atoms with Crippen molar-refractivity contribution in [3.05, 3.63) is 0 Å². The van der Waals surface area contributed by atoms with Crippen molar-refractivity contribution >= 4 is 77.0 Å². The van der Waals surface area contributed by atoms with E-state index >= 15 is 0 Å². The third-order valence-electron chi connectivity index (χ3n) is 11.9. The van der Waals surface area contributed by atoms with Gasteiger partial charge in [-0.3, -0.25) is 57.7 Å². The van der Waals surface area contributed by atoms with Crippen molar-refractivity contribution in [1.29, 1.82) is 0 Å². The van der Waals surface area contributed by atoms with Crippen LogP contribution in [0, 0.1) is 17.8 Å². The van der Waals surface area contributed by atoms with Crippen molar-refractivity contribution in [2.24, 2.45) is 45.7 Å². The van der Waals surface area contributed by atoms with Gasteiger partial charge in [-0.05, 0) is 63.2 Å². The molecule has 20 N–H and O–H groups in total. The van der Waals surface area contributed by atoms with Crippen LogP contribution in [0.25, 0.3) is 0 Å². The first kappa shape index (κ1) is 65.8. The molecule has 1 aliphatic heterocycles. The molecule has 30 nitrogen and oxygen atoms in total. The molecule has 0 aliphatic carbocycles. The van der Waals surface area contributed by atoms with Gasteiger partial charge in [0.1, 0.15) is 54.4 Å². The highest BCUT2D eigenvalue weighted by molar-refractivity contribution is 5.99. The Labute approximate surface area is 433 Å². The highest BCUT2D eigenvalue weighted by Gasteiger charge is 2.40. The minimum atomic E-state index is -1.74. The lowest BCUT2D eigenvalue weighted by Gasteiger charge is -2.31. The van der Waals surface area contributed by atoms with Crippen molar-refractivity contribution in [3.63, 3.8) is 0 Å². The molecule has 0 spiro atoms. The monoisotopic (exact) mass is 1070 g/mol. The molecule has 1 aliphatic rings. The molecule has 1 rings (SSSR count). The summed E-state index contributed by atoms with van der Waals surface area (Å²) in [6.07, 6.45) is -1.65. The van der Waals surface area contributed by atoms with Crippen molar-refractivity contribution in [2.75, 3.05) is 26.3 Å². The molecule has 0 bridgehead atoms. The van der Waals surface area contributed by atoms with Gasteiger partial charge in [0.25, 0.3) is 0 Å². The Hall–Kier alpha value is -7.21. The summed E-state index contributed by atoms with van der Waals surface area (Å²) < 4.78 is 0. The lowest BCUT2D eigenvalue weighted by Crippen LogP contribution is -2.61. The number of carbonyl (C=O) groups is 12. The number of aliphatic imine (C=N–C) groups is 1. The normalized spacial score (nSPS) is 16.8. The molecule has 1 fully saturated rings. The number of rotatable bonds is 33. The summed E-state index contributed by atoms with van der Waals surface area (Å²) >= 11 is 0. The Morgan fingerprint density at radius 3 is 1.47 bits per heavy atom. The summed E-state index contributed by atoms with van der Waals surface area (Å²) in [6, 6.07) is -14.5. The van der Waals surface area contributed by atoms with E-state index in [1.807, 2.05) is 0 Å². The van der Waals surface area contributed by atoms with Gasteiger partial charge in [0.15, 0.2) is 5.96 Å². The lowest BCUT2D eigenvalue weighted by molar-refractivity contribution is -0.150. The third-order valence-corrected chi connectivity index (χ3v) is 11.9. The van der Waals surface area contributed by atoms with E-state index in [9.17, 15) is 78.0 Å². The molecule has 0 aromatic heterocycles. The van der Waals surface area contributed by atoms with Crippen molar-refractivity contribution in [1.82, 2.24) is 47.4 Å². The van der Waals surface area contributed by atoms with Crippen LogP contribution in [0.1, 0.15) is 99.8 Å². The van der Waals surface area contributed by atoms with Gasteiger partial charge < -0.3 is 90.8 Å². The second-order valence-corrected chi connectivity index (χ2v) is 19.0. The Bertz CT molecular complexity index is 2070. The second kappa shape index (κ2) is 32.2. The minimum absolute atomic E-state index is 0.0148. The molecular weight excluding hydrogens is 993 g/mol. The zero-order valence-corrected chi connectivity index (χ0v) is 43.4. The highest BCUT2D eigenvalue weighted by atomic mass is 16.4. The topological polar surface area (TPSA) is 502 Å². The van der Waals surface area contributed by atoms with Crippen molar-refractivity contribution in [2.45, 2.75) is 160 Å². The number of hydrogen-bond donors (Lipinski definition) is 16. The molecule has 424 valence electrons. The van der Waals surface area contributed by atoms with E-state index in [1.54, 1.807) is 27.7 Å². The number of aliphatic hydroxyl groups excluding tert-OH is 2.